The molecule has 0 atom stereocenters. The lowest BCUT2D eigenvalue weighted by Crippen LogP contribution is -2.13. The van der Waals surface area contributed by atoms with Gasteiger partial charge in [0.15, 0.2) is 0 Å². The molecule has 0 bridgehead atoms. The van der Waals surface area contributed by atoms with Gasteiger partial charge in [-0.15, -0.1) is 3.69 Å². The van der Waals surface area contributed by atoms with Crippen LogP contribution in [0.15, 0.2) is 18.2 Å². The summed E-state index contributed by atoms with van der Waals surface area (Å²) >= 11 is 9.16. The summed E-state index contributed by atoms with van der Waals surface area (Å²) in [7, 11) is 0. The van der Waals surface area contributed by atoms with Crippen LogP contribution in [0.2, 0.25) is 5.02 Å². The summed E-state index contributed by atoms with van der Waals surface area (Å²) in [6, 6.07) is 6.02. The molecular formula is C7H6BrClMg. The van der Waals surface area contributed by atoms with Crippen molar-refractivity contribution in [3.63, 3.8) is 0 Å². The van der Waals surface area contributed by atoms with Crippen molar-refractivity contribution in [3.05, 3.63) is 28.8 Å². The summed E-state index contributed by atoms with van der Waals surface area (Å²) in [5.74, 6) is 0. The fraction of sp³-hybridized carbons (Fsp3) is 0.143. The van der Waals surface area contributed by atoms with E-state index in [0.717, 1.165) is 5.02 Å². The van der Waals surface area contributed by atoms with Crippen LogP contribution in [0.5, 0.6) is 0 Å². The monoisotopic (exact) mass is 228 g/mol. The highest BCUT2D eigenvalue weighted by atomic mass is 79.9. The van der Waals surface area contributed by atoms with E-state index in [-0.39, 0.29) is 18.2 Å². The Balaban J connectivity index is 3.17. The average molecular weight is 230 g/mol. The van der Waals surface area contributed by atoms with Gasteiger partial charge in [0.05, 0.1) is 0 Å². The Hall–Kier alpha value is 0.756. The van der Waals surface area contributed by atoms with E-state index in [1.54, 1.807) is 0 Å². The maximum atomic E-state index is 5.93. The molecule has 0 radical (unpaired) electrons. The summed E-state index contributed by atoms with van der Waals surface area (Å²) in [4.78, 5) is 0. The smallest absolute Gasteiger partial charge is 0.296 e. The standard InChI is InChI=1S/C7H6Cl.BrH.Mg/c1-6-3-2-4-7(8)5-6;;/h2-4H,1H3;1H;/q;;+1/p-1. The zero-order valence-corrected chi connectivity index (χ0v) is 9.45. The van der Waals surface area contributed by atoms with E-state index in [1.165, 1.54) is 9.26 Å². The summed E-state index contributed by atoms with van der Waals surface area (Å²) < 4.78 is 1.32. The molecule has 0 N–H and O–H groups in total. The fourth-order valence-corrected chi connectivity index (χ4v) is 4.55. The SMILES string of the molecule is Cc1cccc(Cl)[c]1[Mg][Br]. The predicted octanol–water partition coefficient (Wildman–Crippen LogP) is 2.29. The highest BCUT2D eigenvalue weighted by Crippen LogP contribution is 2.07. The Labute approximate surface area is 81.6 Å². The molecule has 0 aliphatic rings. The van der Waals surface area contributed by atoms with Crippen molar-refractivity contribution in [1.82, 2.24) is 0 Å². The van der Waals surface area contributed by atoms with E-state index in [1.807, 2.05) is 12.1 Å². The van der Waals surface area contributed by atoms with Crippen LogP contribution in [0.3, 0.4) is 0 Å². The lowest BCUT2D eigenvalue weighted by atomic mass is 10.2. The van der Waals surface area contributed by atoms with Crippen molar-refractivity contribution >= 4 is 46.4 Å². The van der Waals surface area contributed by atoms with Crippen LogP contribution in [-0.4, -0.2) is 18.2 Å². The molecule has 0 aliphatic heterocycles. The van der Waals surface area contributed by atoms with Gasteiger partial charge in [-0.3, -0.25) is 12.9 Å². The molecule has 1 aromatic rings. The molecule has 0 aliphatic carbocycles. The Kier molecular flexibility index (Phi) is 3.50. The third-order valence-electron chi connectivity index (χ3n) is 1.49. The second-order valence-corrected chi connectivity index (χ2v) is 5.23. The van der Waals surface area contributed by atoms with Crippen molar-refractivity contribution in [2.75, 3.05) is 0 Å². The van der Waals surface area contributed by atoms with Crippen molar-refractivity contribution in [1.29, 1.82) is 0 Å². The third-order valence-corrected chi connectivity index (χ3v) is 4.95. The number of halogens is 2. The van der Waals surface area contributed by atoms with Crippen LogP contribution in [-0.2, 0) is 0 Å². The Morgan fingerprint density at radius 2 is 2.20 bits per heavy atom. The molecule has 50 valence electrons. The van der Waals surface area contributed by atoms with Gasteiger partial charge < -0.3 is 0 Å². The minimum Gasteiger partial charge on any atom is -0.296 e. The Morgan fingerprint density at radius 3 is 2.60 bits per heavy atom. The van der Waals surface area contributed by atoms with E-state index in [4.69, 9.17) is 11.6 Å². The summed E-state index contributed by atoms with van der Waals surface area (Å²) in [6.45, 7) is 2.09. The summed E-state index contributed by atoms with van der Waals surface area (Å²) in [5.41, 5.74) is 1.30. The molecule has 3 heteroatoms. The molecule has 10 heavy (non-hydrogen) atoms. The maximum Gasteiger partial charge on any atom is 0.509 e. The molecule has 0 fully saturated rings. The predicted molar refractivity (Wildman–Crippen MR) is 50.5 cm³/mol. The number of hydrogen-bond acceptors (Lipinski definition) is 0. The Bertz CT molecular complexity index is 217. The fourth-order valence-electron chi connectivity index (χ4n) is 0.836. The topological polar surface area (TPSA) is 0 Å². The lowest BCUT2D eigenvalue weighted by Gasteiger charge is -2.02. The van der Waals surface area contributed by atoms with E-state index in [9.17, 15) is 0 Å². The van der Waals surface area contributed by atoms with Crippen LogP contribution in [0.4, 0.5) is 0 Å². The van der Waals surface area contributed by atoms with Gasteiger partial charge in [0.1, 0.15) is 0 Å². The van der Waals surface area contributed by atoms with E-state index in [0.29, 0.717) is 0 Å². The van der Waals surface area contributed by atoms with Gasteiger partial charge in [-0.1, -0.05) is 29.3 Å². The first kappa shape index (κ1) is 8.85. The van der Waals surface area contributed by atoms with Crippen molar-refractivity contribution in [2.24, 2.45) is 0 Å². The summed E-state index contributed by atoms with van der Waals surface area (Å²) in [5, 5.41) is 0.906. The van der Waals surface area contributed by atoms with Crippen LogP contribution in [0.1, 0.15) is 5.56 Å². The minimum absolute atomic E-state index is 0.286. The quantitative estimate of drug-likeness (QED) is 0.649. The number of hydrogen-bond donors (Lipinski definition) is 0. The van der Waals surface area contributed by atoms with Crippen molar-refractivity contribution in [2.45, 2.75) is 6.92 Å². The van der Waals surface area contributed by atoms with Crippen LogP contribution in [0.25, 0.3) is 0 Å². The molecule has 1 rings (SSSR count). The highest BCUT2D eigenvalue weighted by molar-refractivity contribution is 9.23. The summed E-state index contributed by atoms with van der Waals surface area (Å²) in [6.07, 6.45) is 0. The van der Waals surface area contributed by atoms with E-state index >= 15 is 0 Å². The second-order valence-electron chi connectivity index (χ2n) is 2.17. The van der Waals surface area contributed by atoms with Gasteiger partial charge in [-0.05, 0) is 13.0 Å². The first-order valence-electron chi connectivity index (χ1n) is 3.05. The first-order valence-corrected chi connectivity index (χ1v) is 8.04. The maximum absolute atomic E-state index is 5.93. The van der Waals surface area contributed by atoms with Crippen LogP contribution >= 0.6 is 24.5 Å². The molecule has 1 aromatic carbocycles. The zero-order chi connectivity index (χ0) is 7.56. The number of benzene rings is 1. The van der Waals surface area contributed by atoms with E-state index in [2.05, 4.69) is 25.9 Å². The minimum atomic E-state index is -0.286. The first-order chi connectivity index (χ1) is 4.75. The normalized spacial score (nSPS) is 9.10. The molecular weight excluding hydrogens is 224 g/mol. The Morgan fingerprint density at radius 1 is 1.50 bits per heavy atom. The van der Waals surface area contributed by atoms with Crippen LogP contribution in [0, 0.1) is 6.92 Å². The van der Waals surface area contributed by atoms with Crippen molar-refractivity contribution in [3.8, 4) is 0 Å². The molecule has 0 saturated carbocycles. The molecule has 0 spiro atoms. The van der Waals surface area contributed by atoms with Gasteiger partial charge in [0.2, 0.25) is 0 Å². The third kappa shape index (κ3) is 1.88. The highest BCUT2D eigenvalue weighted by Gasteiger charge is 2.02. The van der Waals surface area contributed by atoms with Gasteiger partial charge in [0.25, 0.3) is 0 Å². The van der Waals surface area contributed by atoms with Crippen LogP contribution < -0.4 is 3.69 Å². The largest absolute Gasteiger partial charge is 0.509 e. The van der Waals surface area contributed by atoms with Crippen molar-refractivity contribution < 1.29 is 0 Å². The number of rotatable bonds is 1. The van der Waals surface area contributed by atoms with Gasteiger partial charge >= 0.3 is 18.2 Å². The van der Waals surface area contributed by atoms with Gasteiger partial charge in [-0.2, -0.15) is 0 Å². The average Bonchev–Trinajstić information content (AvgIpc) is 1.88. The molecule has 0 amide bonds. The van der Waals surface area contributed by atoms with Gasteiger partial charge in [0, 0.05) is 5.02 Å². The number of aryl methyl sites for hydroxylation is 1. The molecule has 0 saturated heterocycles. The van der Waals surface area contributed by atoms with E-state index < -0.39 is 0 Å². The molecule has 0 unspecified atom stereocenters. The lowest BCUT2D eigenvalue weighted by molar-refractivity contribution is 1.52. The zero-order valence-electron chi connectivity index (χ0n) is 5.70. The van der Waals surface area contributed by atoms with Gasteiger partial charge in [-0.25, -0.2) is 0 Å². The molecule has 0 heterocycles. The molecule has 0 aromatic heterocycles. The second kappa shape index (κ2) is 3.95. The molecule has 0 nitrogen and oxygen atoms in total.